The Kier molecular flexibility index (Phi) is 5.18. The molecular formula is C19H24FN3O2. The molecule has 2 aromatic rings. The third kappa shape index (κ3) is 3.58. The largest absolute Gasteiger partial charge is 0.391 e. The van der Waals surface area contributed by atoms with Gasteiger partial charge in [-0.05, 0) is 50.3 Å². The minimum absolute atomic E-state index is 0.202. The summed E-state index contributed by atoms with van der Waals surface area (Å²) in [6, 6.07) is 5.00. The van der Waals surface area contributed by atoms with Crippen LogP contribution in [0, 0.1) is 12.7 Å². The smallest absolute Gasteiger partial charge is 0.272 e. The van der Waals surface area contributed by atoms with Crippen LogP contribution < -0.4 is 5.32 Å². The van der Waals surface area contributed by atoms with Gasteiger partial charge in [-0.15, -0.1) is 0 Å². The molecule has 1 atom stereocenters. The first-order chi connectivity index (χ1) is 12.0. The number of aryl methyl sites for hydroxylation is 1. The zero-order chi connectivity index (χ0) is 18.0. The first kappa shape index (κ1) is 17.6. The lowest BCUT2D eigenvalue weighted by Gasteiger charge is -2.10. The molecule has 2 N–H and O–H groups in total. The quantitative estimate of drug-likeness (QED) is 0.846. The minimum atomic E-state index is -0.557. The molecule has 5 nitrogen and oxygen atoms in total. The molecule has 1 unspecified atom stereocenters. The fourth-order valence-electron chi connectivity index (χ4n) is 3.33. The van der Waals surface area contributed by atoms with Crippen LogP contribution in [0.4, 0.5) is 4.39 Å². The van der Waals surface area contributed by atoms with E-state index in [1.165, 1.54) is 6.07 Å². The summed E-state index contributed by atoms with van der Waals surface area (Å²) in [5.74, 6) is -0.651. The van der Waals surface area contributed by atoms with E-state index in [1.54, 1.807) is 10.7 Å². The van der Waals surface area contributed by atoms with Gasteiger partial charge in [-0.25, -0.2) is 9.07 Å². The van der Waals surface area contributed by atoms with Gasteiger partial charge in [0.05, 0.1) is 6.10 Å². The van der Waals surface area contributed by atoms with Gasteiger partial charge in [0.15, 0.2) is 5.69 Å². The van der Waals surface area contributed by atoms with Crippen molar-refractivity contribution < 1.29 is 14.3 Å². The number of aromatic nitrogens is 2. The van der Waals surface area contributed by atoms with Gasteiger partial charge in [0.2, 0.25) is 0 Å². The van der Waals surface area contributed by atoms with Crippen molar-refractivity contribution in [1.29, 1.82) is 0 Å². The van der Waals surface area contributed by atoms with Crippen molar-refractivity contribution in [3.63, 3.8) is 0 Å². The second-order valence-electron chi connectivity index (χ2n) is 6.65. The van der Waals surface area contributed by atoms with Crippen LogP contribution >= 0.6 is 0 Å². The third-order valence-electron chi connectivity index (χ3n) is 4.60. The van der Waals surface area contributed by atoms with Crippen molar-refractivity contribution in [1.82, 2.24) is 15.1 Å². The van der Waals surface area contributed by atoms with E-state index in [1.807, 2.05) is 19.9 Å². The van der Waals surface area contributed by atoms with E-state index in [0.717, 1.165) is 42.5 Å². The maximum Gasteiger partial charge on any atom is 0.272 e. The summed E-state index contributed by atoms with van der Waals surface area (Å²) in [6.07, 6.45) is 3.41. The van der Waals surface area contributed by atoms with Crippen molar-refractivity contribution in [3.8, 4) is 5.69 Å². The highest BCUT2D eigenvalue weighted by Crippen LogP contribution is 2.29. The molecule has 0 saturated heterocycles. The predicted molar refractivity (Wildman–Crippen MR) is 93.5 cm³/mol. The number of amides is 1. The molecular weight excluding hydrogens is 321 g/mol. The molecule has 1 aliphatic carbocycles. The summed E-state index contributed by atoms with van der Waals surface area (Å²) in [7, 11) is 0. The first-order valence-electron chi connectivity index (χ1n) is 8.84. The fourth-order valence-corrected chi connectivity index (χ4v) is 3.33. The average molecular weight is 345 g/mol. The molecule has 0 bridgehead atoms. The highest BCUT2D eigenvalue weighted by molar-refractivity contribution is 5.94. The normalized spacial score (nSPS) is 14.4. The lowest BCUT2D eigenvalue weighted by Crippen LogP contribution is -2.32. The Hall–Kier alpha value is -2.21. The summed E-state index contributed by atoms with van der Waals surface area (Å²) in [6.45, 7) is 4.02. The topological polar surface area (TPSA) is 67.2 Å². The van der Waals surface area contributed by atoms with E-state index in [9.17, 15) is 14.3 Å². The van der Waals surface area contributed by atoms with Crippen LogP contribution in [0.2, 0.25) is 0 Å². The Labute approximate surface area is 146 Å². The standard InChI is InChI=1S/C19H24FN3O2/c1-3-5-13(24)11-21-19(25)18-14-6-4-7-16(14)23(22-18)17-9-8-12(2)10-15(17)20/h8-10,13,24H,3-7,11H2,1-2H3,(H,21,25). The van der Waals surface area contributed by atoms with Gasteiger partial charge < -0.3 is 10.4 Å². The van der Waals surface area contributed by atoms with Gasteiger partial charge in [-0.2, -0.15) is 5.10 Å². The van der Waals surface area contributed by atoms with Crippen molar-refractivity contribution in [2.24, 2.45) is 0 Å². The molecule has 0 saturated carbocycles. The number of nitrogens with one attached hydrogen (secondary N) is 1. The van der Waals surface area contributed by atoms with Crippen molar-refractivity contribution >= 4 is 5.91 Å². The molecule has 0 spiro atoms. The van der Waals surface area contributed by atoms with Crippen LogP contribution in [-0.4, -0.2) is 33.4 Å². The molecule has 1 heterocycles. The van der Waals surface area contributed by atoms with Crippen LogP contribution in [-0.2, 0) is 12.8 Å². The highest BCUT2D eigenvalue weighted by atomic mass is 19.1. The second-order valence-corrected chi connectivity index (χ2v) is 6.65. The molecule has 134 valence electrons. The predicted octanol–water partition coefficient (Wildman–Crippen LogP) is 2.70. The third-order valence-corrected chi connectivity index (χ3v) is 4.60. The van der Waals surface area contributed by atoms with Crippen LogP contribution in [0.1, 0.15) is 53.5 Å². The molecule has 6 heteroatoms. The van der Waals surface area contributed by atoms with Gasteiger partial charge in [0.1, 0.15) is 11.5 Å². The number of carbonyl (C=O) groups excluding carboxylic acids is 1. The van der Waals surface area contributed by atoms with Crippen molar-refractivity contribution in [2.75, 3.05) is 6.54 Å². The van der Waals surface area contributed by atoms with E-state index in [4.69, 9.17) is 0 Å². The summed E-state index contributed by atoms with van der Waals surface area (Å²) >= 11 is 0. The number of benzene rings is 1. The van der Waals surface area contributed by atoms with E-state index in [-0.39, 0.29) is 18.3 Å². The molecule has 25 heavy (non-hydrogen) atoms. The Morgan fingerprint density at radius 1 is 1.44 bits per heavy atom. The zero-order valence-electron chi connectivity index (χ0n) is 14.7. The number of hydrogen-bond acceptors (Lipinski definition) is 3. The molecule has 1 amide bonds. The van der Waals surface area contributed by atoms with Crippen molar-refractivity contribution in [2.45, 2.75) is 52.1 Å². The minimum Gasteiger partial charge on any atom is -0.391 e. The zero-order valence-corrected chi connectivity index (χ0v) is 14.7. The van der Waals surface area contributed by atoms with Gasteiger partial charge in [0, 0.05) is 17.8 Å². The molecule has 1 aromatic heterocycles. The Morgan fingerprint density at radius 3 is 2.96 bits per heavy atom. The number of carbonyl (C=O) groups is 1. The molecule has 1 aliphatic rings. The van der Waals surface area contributed by atoms with Gasteiger partial charge in [-0.1, -0.05) is 19.4 Å². The molecule has 3 rings (SSSR count). The Morgan fingerprint density at radius 2 is 2.24 bits per heavy atom. The SMILES string of the molecule is CCCC(O)CNC(=O)c1nn(-c2ccc(C)cc2F)c2c1CCC2. The summed E-state index contributed by atoms with van der Waals surface area (Å²) < 4.78 is 15.9. The maximum atomic E-state index is 14.4. The summed E-state index contributed by atoms with van der Waals surface area (Å²) in [5.41, 5.74) is 3.35. The van der Waals surface area contributed by atoms with Gasteiger partial charge in [0.25, 0.3) is 5.91 Å². The van der Waals surface area contributed by atoms with E-state index in [2.05, 4.69) is 10.4 Å². The second kappa shape index (κ2) is 7.35. The summed E-state index contributed by atoms with van der Waals surface area (Å²) in [4.78, 5) is 12.5. The molecule has 0 fully saturated rings. The van der Waals surface area contributed by atoms with Crippen LogP contribution in [0.3, 0.4) is 0 Å². The van der Waals surface area contributed by atoms with E-state index in [0.29, 0.717) is 17.8 Å². The average Bonchev–Trinajstić information content (AvgIpc) is 3.16. The monoisotopic (exact) mass is 345 g/mol. The number of halogens is 1. The van der Waals surface area contributed by atoms with E-state index >= 15 is 0 Å². The number of hydrogen-bond donors (Lipinski definition) is 2. The molecule has 1 aromatic carbocycles. The fraction of sp³-hybridized carbons (Fsp3) is 0.474. The molecule has 0 aliphatic heterocycles. The lowest BCUT2D eigenvalue weighted by molar-refractivity contribution is 0.0904. The number of aliphatic hydroxyl groups is 1. The Balaban J connectivity index is 1.88. The Bertz CT molecular complexity index is 785. The summed E-state index contributed by atoms with van der Waals surface area (Å²) in [5, 5.41) is 16.9. The number of aliphatic hydroxyl groups excluding tert-OH is 1. The first-order valence-corrected chi connectivity index (χ1v) is 8.84. The highest BCUT2D eigenvalue weighted by Gasteiger charge is 2.27. The van der Waals surface area contributed by atoms with Gasteiger partial charge >= 0.3 is 0 Å². The number of fused-ring (bicyclic) bond motifs is 1. The van der Waals surface area contributed by atoms with Crippen molar-refractivity contribution in [3.05, 3.63) is 46.5 Å². The van der Waals surface area contributed by atoms with Crippen LogP contribution in [0.25, 0.3) is 5.69 Å². The van der Waals surface area contributed by atoms with Gasteiger partial charge in [-0.3, -0.25) is 4.79 Å². The maximum absolute atomic E-state index is 14.4. The number of nitrogens with zero attached hydrogens (tertiary/aromatic N) is 2. The lowest BCUT2D eigenvalue weighted by atomic mass is 10.1. The van der Waals surface area contributed by atoms with Crippen LogP contribution in [0.5, 0.6) is 0 Å². The van der Waals surface area contributed by atoms with Crippen LogP contribution in [0.15, 0.2) is 18.2 Å². The molecule has 0 radical (unpaired) electrons. The number of rotatable bonds is 6. The van der Waals surface area contributed by atoms with E-state index < -0.39 is 6.10 Å².